The van der Waals surface area contributed by atoms with Gasteiger partial charge in [0.25, 0.3) is 0 Å². The topological polar surface area (TPSA) is 34.1 Å². The zero-order chi connectivity index (χ0) is 12.8. The fourth-order valence-electron chi connectivity index (χ4n) is 1.62. The molecule has 0 aliphatic rings. The molecule has 0 unspecified atom stereocenters. The van der Waals surface area contributed by atoms with Gasteiger partial charge in [-0.15, -0.1) is 11.3 Å². The molecule has 0 fully saturated rings. The Morgan fingerprint density at radius 2 is 2.28 bits per heavy atom. The fraction of sp³-hybridized carbons (Fsp3) is 0.357. The van der Waals surface area contributed by atoms with Crippen molar-refractivity contribution in [1.29, 1.82) is 0 Å². The first-order chi connectivity index (χ1) is 8.79. The number of nitrogens with one attached hydrogen (secondary N) is 1. The lowest BCUT2D eigenvalue weighted by molar-refractivity contribution is 0.318. The van der Waals surface area contributed by atoms with Crippen LogP contribution in [-0.4, -0.2) is 11.6 Å². The van der Waals surface area contributed by atoms with E-state index in [9.17, 15) is 0 Å². The van der Waals surface area contributed by atoms with Gasteiger partial charge < -0.3 is 10.1 Å². The second-order valence-electron chi connectivity index (χ2n) is 4.17. The first kappa shape index (κ1) is 12.9. The van der Waals surface area contributed by atoms with Crippen LogP contribution in [0.2, 0.25) is 0 Å². The van der Waals surface area contributed by atoms with Gasteiger partial charge in [0.05, 0.1) is 24.3 Å². The first-order valence-corrected chi connectivity index (χ1v) is 7.02. The molecular weight excluding hydrogens is 244 g/mol. The molecule has 2 aromatic rings. The number of hydrogen-bond acceptors (Lipinski definition) is 4. The maximum Gasteiger partial charge on any atom is 0.142 e. The molecule has 18 heavy (non-hydrogen) atoms. The van der Waals surface area contributed by atoms with Crippen LogP contribution >= 0.6 is 11.3 Å². The number of nitrogens with zero attached hydrogens (tertiary/aromatic N) is 1. The summed E-state index contributed by atoms with van der Waals surface area (Å²) in [5.41, 5.74) is 4.10. The zero-order valence-corrected chi connectivity index (χ0v) is 11.6. The number of thiazole rings is 1. The minimum Gasteiger partial charge on any atom is -0.491 e. The first-order valence-electron chi connectivity index (χ1n) is 6.14. The van der Waals surface area contributed by atoms with E-state index in [2.05, 4.69) is 42.3 Å². The van der Waals surface area contributed by atoms with Crippen LogP contribution in [-0.2, 0) is 6.54 Å². The van der Waals surface area contributed by atoms with Gasteiger partial charge in [-0.3, -0.25) is 4.98 Å². The van der Waals surface area contributed by atoms with E-state index < -0.39 is 0 Å². The van der Waals surface area contributed by atoms with Gasteiger partial charge >= 0.3 is 0 Å². The molecule has 3 nitrogen and oxygen atoms in total. The highest BCUT2D eigenvalue weighted by molar-refractivity contribution is 7.09. The van der Waals surface area contributed by atoms with Gasteiger partial charge in [0.2, 0.25) is 0 Å². The molecule has 0 amide bonds. The van der Waals surface area contributed by atoms with Crippen molar-refractivity contribution in [2.75, 3.05) is 11.9 Å². The van der Waals surface area contributed by atoms with Crippen molar-refractivity contribution in [3.8, 4) is 5.75 Å². The molecule has 1 aromatic carbocycles. The lowest BCUT2D eigenvalue weighted by Crippen LogP contribution is -2.03. The molecule has 0 aliphatic carbocycles. The molecule has 0 spiro atoms. The summed E-state index contributed by atoms with van der Waals surface area (Å²) in [4.78, 5) is 5.29. The maximum absolute atomic E-state index is 5.76. The lowest BCUT2D eigenvalue weighted by Gasteiger charge is -2.13. The summed E-state index contributed by atoms with van der Waals surface area (Å²) in [5, 5.41) is 3.40. The van der Waals surface area contributed by atoms with Crippen molar-refractivity contribution in [2.45, 2.75) is 26.8 Å². The van der Waals surface area contributed by atoms with Crippen LogP contribution in [0.4, 0.5) is 5.69 Å². The van der Waals surface area contributed by atoms with E-state index in [1.54, 1.807) is 11.3 Å². The number of aryl methyl sites for hydroxylation is 1. The number of anilines is 1. The van der Waals surface area contributed by atoms with E-state index in [1.807, 2.05) is 11.7 Å². The standard InChI is InChI=1S/C14H18N2OS/c1-3-6-17-14-7-11(2)4-5-13(14)16-9-12-8-15-10-18-12/h4-5,7-8,10,16H,3,6,9H2,1-2H3. The summed E-state index contributed by atoms with van der Waals surface area (Å²) in [6.45, 7) is 5.72. The number of hydrogen-bond donors (Lipinski definition) is 1. The average molecular weight is 262 g/mol. The van der Waals surface area contributed by atoms with E-state index >= 15 is 0 Å². The summed E-state index contributed by atoms with van der Waals surface area (Å²) in [5.74, 6) is 0.932. The van der Waals surface area contributed by atoms with Crippen LogP contribution in [0.15, 0.2) is 29.9 Å². The normalized spacial score (nSPS) is 10.3. The third-order valence-electron chi connectivity index (χ3n) is 2.54. The molecule has 0 saturated carbocycles. The smallest absolute Gasteiger partial charge is 0.142 e. The predicted octanol–water partition coefficient (Wildman–Crippen LogP) is 3.85. The highest BCUT2D eigenvalue weighted by atomic mass is 32.1. The van der Waals surface area contributed by atoms with E-state index in [4.69, 9.17) is 4.74 Å². The van der Waals surface area contributed by atoms with Crippen molar-refractivity contribution in [3.05, 3.63) is 40.3 Å². The molecule has 0 aliphatic heterocycles. The Hall–Kier alpha value is -1.55. The zero-order valence-electron chi connectivity index (χ0n) is 10.8. The molecule has 1 aromatic heterocycles. The quantitative estimate of drug-likeness (QED) is 0.858. The van der Waals surface area contributed by atoms with Crippen molar-refractivity contribution in [3.63, 3.8) is 0 Å². The molecule has 0 bridgehead atoms. The number of ether oxygens (including phenoxy) is 1. The Kier molecular flexibility index (Phi) is 4.59. The van der Waals surface area contributed by atoms with Gasteiger partial charge in [-0.2, -0.15) is 0 Å². The van der Waals surface area contributed by atoms with Gasteiger partial charge in [-0.05, 0) is 31.0 Å². The molecule has 4 heteroatoms. The van der Waals surface area contributed by atoms with E-state index in [0.29, 0.717) is 0 Å². The SMILES string of the molecule is CCCOc1cc(C)ccc1NCc1cncs1. The van der Waals surface area contributed by atoms with Gasteiger partial charge in [-0.25, -0.2) is 0 Å². The third kappa shape index (κ3) is 3.47. The van der Waals surface area contributed by atoms with Crippen molar-refractivity contribution >= 4 is 17.0 Å². The predicted molar refractivity (Wildman–Crippen MR) is 76.4 cm³/mol. The fourth-order valence-corrected chi connectivity index (χ4v) is 2.15. The number of benzene rings is 1. The van der Waals surface area contributed by atoms with E-state index in [0.717, 1.165) is 31.0 Å². The van der Waals surface area contributed by atoms with Crippen LogP contribution in [0.1, 0.15) is 23.8 Å². The van der Waals surface area contributed by atoms with Crippen LogP contribution in [0.5, 0.6) is 5.75 Å². The Bertz CT molecular complexity index is 483. The van der Waals surface area contributed by atoms with E-state index in [-0.39, 0.29) is 0 Å². The molecule has 1 N–H and O–H groups in total. The highest BCUT2D eigenvalue weighted by Crippen LogP contribution is 2.26. The summed E-state index contributed by atoms with van der Waals surface area (Å²) in [7, 11) is 0. The molecule has 96 valence electrons. The minimum absolute atomic E-state index is 0.749. The van der Waals surface area contributed by atoms with Gasteiger partial charge in [0.1, 0.15) is 5.75 Å². The van der Waals surface area contributed by atoms with Crippen molar-refractivity contribution < 1.29 is 4.74 Å². The van der Waals surface area contributed by atoms with Gasteiger partial charge in [0.15, 0.2) is 0 Å². The Morgan fingerprint density at radius 1 is 1.39 bits per heavy atom. The molecule has 0 atom stereocenters. The number of rotatable bonds is 6. The Morgan fingerprint density at radius 3 is 3.00 bits per heavy atom. The Labute approximate surface area is 112 Å². The summed E-state index contributed by atoms with van der Waals surface area (Å²) >= 11 is 1.65. The molecule has 0 saturated heterocycles. The summed E-state index contributed by atoms with van der Waals surface area (Å²) < 4.78 is 5.76. The maximum atomic E-state index is 5.76. The molecule has 1 heterocycles. The van der Waals surface area contributed by atoms with Crippen LogP contribution in [0.25, 0.3) is 0 Å². The summed E-state index contributed by atoms with van der Waals surface area (Å²) in [6.07, 6.45) is 2.90. The average Bonchev–Trinajstić information content (AvgIpc) is 2.88. The van der Waals surface area contributed by atoms with Crippen molar-refractivity contribution in [2.24, 2.45) is 0 Å². The Balaban J connectivity index is 2.05. The van der Waals surface area contributed by atoms with Crippen LogP contribution in [0.3, 0.4) is 0 Å². The summed E-state index contributed by atoms with van der Waals surface area (Å²) in [6, 6.07) is 6.24. The van der Waals surface area contributed by atoms with E-state index in [1.165, 1.54) is 10.4 Å². The van der Waals surface area contributed by atoms with Crippen molar-refractivity contribution in [1.82, 2.24) is 4.98 Å². The lowest BCUT2D eigenvalue weighted by atomic mass is 10.2. The molecular formula is C14H18N2OS. The second-order valence-corrected chi connectivity index (χ2v) is 5.14. The van der Waals surface area contributed by atoms with Gasteiger partial charge in [0, 0.05) is 11.1 Å². The largest absolute Gasteiger partial charge is 0.491 e. The van der Waals surface area contributed by atoms with Crippen LogP contribution < -0.4 is 10.1 Å². The highest BCUT2D eigenvalue weighted by Gasteiger charge is 2.04. The minimum atomic E-state index is 0.749. The molecule has 0 radical (unpaired) electrons. The van der Waals surface area contributed by atoms with Gasteiger partial charge in [-0.1, -0.05) is 13.0 Å². The molecule has 2 rings (SSSR count). The monoisotopic (exact) mass is 262 g/mol. The second kappa shape index (κ2) is 6.40. The number of aromatic nitrogens is 1. The van der Waals surface area contributed by atoms with Crippen LogP contribution in [0, 0.1) is 6.92 Å². The third-order valence-corrected chi connectivity index (χ3v) is 3.31.